The molecule has 0 aliphatic heterocycles. The highest BCUT2D eigenvalue weighted by Gasteiger charge is 2.10. The second-order valence-corrected chi connectivity index (χ2v) is 4.42. The number of rotatable bonds is 2. The molecule has 2 rings (SSSR count). The summed E-state index contributed by atoms with van der Waals surface area (Å²) in [7, 11) is 0. The van der Waals surface area contributed by atoms with Crippen molar-refractivity contribution >= 4 is 50.9 Å². The van der Waals surface area contributed by atoms with Crippen molar-refractivity contribution in [2.45, 2.75) is 5.88 Å². The molecule has 1 heterocycles. The number of thiophene rings is 1. The van der Waals surface area contributed by atoms with E-state index >= 15 is 0 Å². The fourth-order valence-corrected chi connectivity index (χ4v) is 2.91. The number of hydrogen-bond acceptors (Lipinski definition) is 2. The number of carbonyl (C=O) groups excluding carboxylic acids is 1. The fraction of sp³-hybridized carbons (Fsp3) is 0.100. The van der Waals surface area contributed by atoms with E-state index in [-0.39, 0.29) is 0 Å². The lowest BCUT2D eigenvalue weighted by atomic mass is 10.1. The van der Waals surface area contributed by atoms with Crippen LogP contribution in [0.15, 0.2) is 17.5 Å². The summed E-state index contributed by atoms with van der Waals surface area (Å²) >= 11 is 13.4. The monoisotopic (exact) mass is 244 g/mol. The molecule has 1 aromatic heterocycles. The first-order chi connectivity index (χ1) is 6.77. The molecular weight excluding hydrogens is 239 g/mol. The molecule has 0 fully saturated rings. The third kappa shape index (κ3) is 1.44. The minimum Gasteiger partial charge on any atom is -0.298 e. The highest BCUT2D eigenvalue weighted by atomic mass is 35.5. The maximum Gasteiger partial charge on any atom is 0.151 e. The van der Waals surface area contributed by atoms with Crippen LogP contribution in [0.2, 0.25) is 5.02 Å². The molecule has 0 radical (unpaired) electrons. The maximum atomic E-state index is 10.7. The van der Waals surface area contributed by atoms with Crippen LogP contribution in [-0.2, 0) is 5.88 Å². The van der Waals surface area contributed by atoms with Gasteiger partial charge in [-0.15, -0.1) is 22.9 Å². The first-order valence-electron chi connectivity index (χ1n) is 3.97. The number of benzene rings is 1. The molecule has 72 valence electrons. The molecule has 0 aliphatic rings. The highest BCUT2D eigenvalue weighted by molar-refractivity contribution is 7.17. The van der Waals surface area contributed by atoms with Gasteiger partial charge in [0, 0.05) is 21.5 Å². The number of hydrogen-bond donors (Lipinski definition) is 0. The highest BCUT2D eigenvalue weighted by Crippen LogP contribution is 2.34. The molecule has 0 atom stereocenters. The van der Waals surface area contributed by atoms with E-state index in [0.717, 1.165) is 21.9 Å². The Labute approximate surface area is 95.3 Å². The van der Waals surface area contributed by atoms with E-state index in [2.05, 4.69) is 0 Å². The van der Waals surface area contributed by atoms with E-state index in [4.69, 9.17) is 23.2 Å². The first kappa shape index (κ1) is 9.97. The molecule has 0 unspecified atom stereocenters. The van der Waals surface area contributed by atoms with Crippen molar-refractivity contribution in [3.8, 4) is 0 Å². The Kier molecular flexibility index (Phi) is 2.77. The van der Waals surface area contributed by atoms with Gasteiger partial charge in [-0.2, -0.15) is 0 Å². The lowest BCUT2D eigenvalue weighted by molar-refractivity contribution is 0.112. The average molecular weight is 245 g/mol. The van der Waals surface area contributed by atoms with E-state index in [0.29, 0.717) is 16.5 Å². The molecule has 0 amide bonds. The number of alkyl halides is 1. The maximum absolute atomic E-state index is 10.7. The van der Waals surface area contributed by atoms with E-state index < -0.39 is 0 Å². The van der Waals surface area contributed by atoms with Gasteiger partial charge in [-0.25, -0.2) is 0 Å². The van der Waals surface area contributed by atoms with E-state index in [9.17, 15) is 4.79 Å². The van der Waals surface area contributed by atoms with Crippen molar-refractivity contribution in [2.75, 3.05) is 0 Å². The van der Waals surface area contributed by atoms with Crippen LogP contribution in [0.1, 0.15) is 15.9 Å². The lowest BCUT2D eigenvalue weighted by Crippen LogP contribution is -1.87. The average Bonchev–Trinajstić information content (AvgIpc) is 2.68. The van der Waals surface area contributed by atoms with Crippen LogP contribution < -0.4 is 0 Å². The zero-order chi connectivity index (χ0) is 10.1. The SMILES string of the molecule is O=Cc1cc(CCl)c2sccc2c1Cl. The van der Waals surface area contributed by atoms with Gasteiger partial charge in [0.05, 0.1) is 5.02 Å². The molecule has 0 saturated carbocycles. The summed E-state index contributed by atoms with van der Waals surface area (Å²) in [6, 6.07) is 3.66. The van der Waals surface area contributed by atoms with Crippen LogP contribution in [0.25, 0.3) is 10.1 Å². The van der Waals surface area contributed by atoms with E-state index in [1.165, 1.54) is 0 Å². The minimum atomic E-state index is 0.398. The molecule has 0 aliphatic carbocycles. The van der Waals surface area contributed by atoms with Gasteiger partial charge in [0.25, 0.3) is 0 Å². The van der Waals surface area contributed by atoms with Crippen LogP contribution in [0.4, 0.5) is 0 Å². The van der Waals surface area contributed by atoms with Gasteiger partial charge in [0.2, 0.25) is 0 Å². The van der Waals surface area contributed by atoms with Gasteiger partial charge < -0.3 is 0 Å². The number of fused-ring (bicyclic) bond motifs is 1. The number of halogens is 2. The molecule has 0 saturated heterocycles. The zero-order valence-electron chi connectivity index (χ0n) is 7.09. The third-order valence-electron chi connectivity index (χ3n) is 2.05. The van der Waals surface area contributed by atoms with Gasteiger partial charge in [-0.3, -0.25) is 4.79 Å². The summed E-state index contributed by atoms with van der Waals surface area (Å²) in [6.07, 6.45) is 0.759. The Morgan fingerprint density at radius 2 is 2.29 bits per heavy atom. The predicted molar refractivity (Wildman–Crippen MR) is 61.8 cm³/mol. The van der Waals surface area contributed by atoms with E-state index in [1.807, 2.05) is 11.4 Å². The summed E-state index contributed by atoms with van der Waals surface area (Å²) in [5.74, 6) is 0.398. The van der Waals surface area contributed by atoms with Crippen LogP contribution in [0, 0.1) is 0 Å². The smallest absolute Gasteiger partial charge is 0.151 e. The Morgan fingerprint density at radius 3 is 2.93 bits per heavy atom. The van der Waals surface area contributed by atoms with Crippen LogP contribution in [0.5, 0.6) is 0 Å². The second kappa shape index (κ2) is 3.89. The van der Waals surface area contributed by atoms with Crippen LogP contribution >= 0.6 is 34.5 Å². The van der Waals surface area contributed by atoms with Crippen molar-refractivity contribution in [3.05, 3.63) is 33.7 Å². The van der Waals surface area contributed by atoms with Gasteiger partial charge in [0.15, 0.2) is 6.29 Å². The Hall–Kier alpha value is -0.570. The summed E-state index contributed by atoms with van der Waals surface area (Å²) in [5, 5.41) is 3.38. The van der Waals surface area contributed by atoms with E-state index in [1.54, 1.807) is 17.4 Å². The number of aldehydes is 1. The van der Waals surface area contributed by atoms with Crippen molar-refractivity contribution in [1.29, 1.82) is 0 Å². The van der Waals surface area contributed by atoms with Gasteiger partial charge in [-0.05, 0) is 23.1 Å². The lowest BCUT2D eigenvalue weighted by Gasteiger charge is -2.03. The molecule has 1 aromatic carbocycles. The normalized spacial score (nSPS) is 10.7. The van der Waals surface area contributed by atoms with Gasteiger partial charge in [-0.1, -0.05) is 11.6 Å². The third-order valence-corrected chi connectivity index (χ3v) is 3.75. The Balaban J connectivity index is 2.86. The topological polar surface area (TPSA) is 17.1 Å². The molecule has 0 spiro atoms. The summed E-state index contributed by atoms with van der Waals surface area (Å²) in [6.45, 7) is 0. The summed E-state index contributed by atoms with van der Waals surface area (Å²) < 4.78 is 1.07. The molecule has 1 nitrogen and oxygen atoms in total. The van der Waals surface area contributed by atoms with Crippen molar-refractivity contribution < 1.29 is 4.79 Å². The number of carbonyl (C=O) groups is 1. The molecule has 0 bridgehead atoms. The molecular formula is C10H6Cl2OS. The Morgan fingerprint density at radius 1 is 1.50 bits per heavy atom. The minimum absolute atomic E-state index is 0.398. The fourth-order valence-electron chi connectivity index (χ4n) is 1.39. The molecule has 0 N–H and O–H groups in total. The zero-order valence-corrected chi connectivity index (χ0v) is 9.42. The molecule has 4 heteroatoms. The second-order valence-electron chi connectivity index (χ2n) is 2.85. The molecule has 14 heavy (non-hydrogen) atoms. The van der Waals surface area contributed by atoms with Gasteiger partial charge >= 0.3 is 0 Å². The van der Waals surface area contributed by atoms with Crippen molar-refractivity contribution in [3.63, 3.8) is 0 Å². The largest absolute Gasteiger partial charge is 0.298 e. The molecule has 2 aromatic rings. The van der Waals surface area contributed by atoms with Crippen molar-refractivity contribution in [2.24, 2.45) is 0 Å². The first-order valence-corrected chi connectivity index (χ1v) is 5.77. The van der Waals surface area contributed by atoms with Crippen LogP contribution in [0.3, 0.4) is 0 Å². The van der Waals surface area contributed by atoms with Gasteiger partial charge in [0.1, 0.15) is 0 Å². The summed E-state index contributed by atoms with van der Waals surface area (Å²) in [5.41, 5.74) is 1.47. The Bertz CT molecular complexity index is 490. The summed E-state index contributed by atoms with van der Waals surface area (Å²) in [4.78, 5) is 10.7. The van der Waals surface area contributed by atoms with Crippen molar-refractivity contribution in [1.82, 2.24) is 0 Å². The quantitative estimate of drug-likeness (QED) is 0.574. The van der Waals surface area contributed by atoms with Crippen LogP contribution in [-0.4, -0.2) is 6.29 Å². The predicted octanol–water partition coefficient (Wildman–Crippen LogP) is 4.11. The standard InChI is InChI=1S/C10H6Cl2OS/c11-4-6-3-7(5-13)9(12)8-1-2-14-10(6)8/h1-3,5H,4H2.